The minimum absolute atomic E-state index is 0.113. The zero-order valence-electron chi connectivity index (χ0n) is 13.6. The second-order valence-corrected chi connectivity index (χ2v) is 5.99. The lowest BCUT2D eigenvalue weighted by Gasteiger charge is -2.08. The molecule has 126 valence electrons. The lowest BCUT2D eigenvalue weighted by atomic mass is 10.1. The molecular formula is C20H18ClN3O. The number of nitrogens with one attached hydrogen (secondary N) is 2. The van der Waals surface area contributed by atoms with Crippen LogP contribution in [0.2, 0.25) is 5.02 Å². The number of carbonyl (C=O) groups excluding carboxylic acids is 1. The molecule has 2 N–H and O–H groups in total. The van der Waals surface area contributed by atoms with Crippen molar-refractivity contribution in [2.24, 2.45) is 0 Å². The average molecular weight is 352 g/mol. The normalized spacial score (nSPS) is 10.3. The fourth-order valence-electron chi connectivity index (χ4n) is 2.39. The van der Waals surface area contributed by atoms with Gasteiger partial charge in [0, 0.05) is 29.0 Å². The Labute approximate surface area is 151 Å². The number of halogens is 1. The number of aromatic nitrogens is 1. The SMILES string of the molecule is O=C(NCCc1ccccc1)c1ccnc(Nc2ccc(Cl)cc2)c1. The summed E-state index contributed by atoms with van der Waals surface area (Å²) in [6.07, 6.45) is 2.41. The molecule has 3 aromatic rings. The number of hydrogen-bond donors (Lipinski definition) is 2. The van der Waals surface area contributed by atoms with Crippen LogP contribution in [0.15, 0.2) is 72.9 Å². The monoisotopic (exact) mass is 351 g/mol. The van der Waals surface area contributed by atoms with Crippen molar-refractivity contribution >= 4 is 29.0 Å². The Bertz CT molecular complexity index is 835. The van der Waals surface area contributed by atoms with Crippen LogP contribution in [0, 0.1) is 0 Å². The molecular weight excluding hydrogens is 334 g/mol. The Morgan fingerprint density at radius 1 is 1.00 bits per heavy atom. The molecule has 1 amide bonds. The fourth-order valence-corrected chi connectivity index (χ4v) is 2.51. The highest BCUT2D eigenvalue weighted by Crippen LogP contribution is 2.18. The molecule has 1 heterocycles. The first-order valence-electron chi connectivity index (χ1n) is 8.01. The highest BCUT2D eigenvalue weighted by Gasteiger charge is 2.07. The summed E-state index contributed by atoms with van der Waals surface area (Å²) >= 11 is 5.88. The summed E-state index contributed by atoms with van der Waals surface area (Å²) in [5, 5.41) is 6.76. The van der Waals surface area contributed by atoms with E-state index in [0.29, 0.717) is 22.9 Å². The summed E-state index contributed by atoms with van der Waals surface area (Å²) < 4.78 is 0. The third-order valence-electron chi connectivity index (χ3n) is 3.68. The van der Waals surface area contributed by atoms with Gasteiger partial charge in [-0.1, -0.05) is 41.9 Å². The van der Waals surface area contributed by atoms with Gasteiger partial charge in [-0.05, 0) is 48.4 Å². The van der Waals surface area contributed by atoms with Crippen molar-refractivity contribution in [2.45, 2.75) is 6.42 Å². The number of rotatable bonds is 6. The Hall–Kier alpha value is -2.85. The van der Waals surface area contributed by atoms with E-state index in [0.717, 1.165) is 12.1 Å². The van der Waals surface area contributed by atoms with Crippen LogP contribution in [0.1, 0.15) is 15.9 Å². The quantitative estimate of drug-likeness (QED) is 0.689. The maximum atomic E-state index is 12.3. The van der Waals surface area contributed by atoms with E-state index in [2.05, 4.69) is 15.6 Å². The van der Waals surface area contributed by atoms with E-state index in [1.807, 2.05) is 42.5 Å². The largest absolute Gasteiger partial charge is 0.352 e. The highest BCUT2D eigenvalue weighted by molar-refractivity contribution is 6.30. The molecule has 0 radical (unpaired) electrons. The van der Waals surface area contributed by atoms with Crippen LogP contribution in [-0.2, 0) is 6.42 Å². The maximum Gasteiger partial charge on any atom is 0.251 e. The number of pyridine rings is 1. The van der Waals surface area contributed by atoms with E-state index in [1.54, 1.807) is 30.5 Å². The summed E-state index contributed by atoms with van der Waals surface area (Å²) in [6.45, 7) is 0.588. The Balaban J connectivity index is 1.58. The first-order valence-corrected chi connectivity index (χ1v) is 8.39. The third-order valence-corrected chi connectivity index (χ3v) is 3.93. The van der Waals surface area contributed by atoms with Crippen LogP contribution in [-0.4, -0.2) is 17.4 Å². The van der Waals surface area contributed by atoms with Gasteiger partial charge in [0.2, 0.25) is 0 Å². The van der Waals surface area contributed by atoms with Gasteiger partial charge < -0.3 is 10.6 Å². The van der Waals surface area contributed by atoms with Gasteiger partial charge in [-0.3, -0.25) is 4.79 Å². The Kier molecular flexibility index (Phi) is 5.65. The van der Waals surface area contributed by atoms with Gasteiger partial charge in [0.05, 0.1) is 0 Å². The predicted octanol–water partition coefficient (Wildman–Crippen LogP) is 4.45. The van der Waals surface area contributed by atoms with Crippen molar-refractivity contribution in [3.8, 4) is 0 Å². The first kappa shape index (κ1) is 17.0. The van der Waals surface area contributed by atoms with Gasteiger partial charge in [0.25, 0.3) is 5.91 Å². The van der Waals surface area contributed by atoms with Crippen LogP contribution in [0.5, 0.6) is 0 Å². The minimum Gasteiger partial charge on any atom is -0.352 e. The zero-order valence-corrected chi connectivity index (χ0v) is 14.3. The van der Waals surface area contributed by atoms with Gasteiger partial charge in [-0.2, -0.15) is 0 Å². The van der Waals surface area contributed by atoms with E-state index in [4.69, 9.17) is 11.6 Å². The van der Waals surface area contributed by atoms with Crippen molar-refractivity contribution in [3.63, 3.8) is 0 Å². The van der Waals surface area contributed by atoms with E-state index < -0.39 is 0 Å². The first-order chi connectivity index (χ1) is 12.2. The fraction of sp³-hybridized carbons (Fsp3) is 0.100. The lowest BCUT2D eigenvalue weighted by Crippen LogP contribution is -2.25. The van der Waals surface area contributed by atoms with Gasteiger partial charge in [0.1, 0.15) is 5.82 Å². The number of carbonyl (C=O) groups is 1. The number of benzene rings is 2. The second-order valence-electron chi connectivity index (χ2n) is 5.55. The number of hydrogen-bond acceptors (Lipinski definition) is 3. The maximum absolute atomic E-state index is 12.3. The summed E-state index contributed by atoms with van der Waals surface area (Å²) in [5.74, 6) is 0.496. The molecule has 0 bridgehead atoms. The highest BCUT2D eigenvalue weighted by atomic mass is 35.5. The van der Waals surface area contributed by atoms with E-state index in [-0.39, 0.29) is 5.91 Å². The standard InChI is InChI=1S/C20H18ClN3O/c21-17-6-8-18(9-7-17)24-19-14-16(11-13-22-19)20(25)23-12-10-15-4-2-1-3-5-15/h1-9,11,13-14H,10,12H2,(H,22,24)(H,23,25). The van der Waals surface area contributed by atoms with Gasteiger partial charge in [-0.25, -0.2) is 4.98 Å². The molecule has 5 heteroatoms. The van der Waals surface area contributed by atoms with E-state index >= 15 is 0 Å². The number of amides is 1. The lowest BCUT2D eigenvalue weighted by molar-refractivity contribution is 0.0954. The molecule has 0 saturated heterocycles. The van der Waals surface area contributed by atoms with Crippen LogP contribution >= 0.6 is 11.6 Å². The van der Waals surface area contributed by atoms with E-state index in [9.17, 15) is 4.79 Å². The van der Waals surface area contributed by atoms with E-state index in [1.165, 1.54) is 5.56 Å². The van der Waals surface area contributed by atoms with Crippen LogP contribution in [0.3, 0.4) is 0 Å². The third kappa shape index (κ3) is 5.06. The van der Waals surface area contributed by atoms with Gasteiger partial charge in [-0.15, -0.1) is 0 Å². The molecule has 0 aliphatic carbocycles. The molecule has 0 saturated carbocycles. The Morgan fingerprint density at radius 3 is 2.52 bits per heavy atom. The van der Waals surface area contributed by atoms with Crippen molar-refractivity contribution in [3.05, 3.63) is 89.1 Å². The van der Waals surface area contributed by atoms with Crippen LogP contribution < -0.4 is 10.6 Å². The molecule has 0 unspecified atom stereocenters. The molecule has 0 spiro atoms. The number of nitrogens with zero attached hydrogens (tertiary/aromatic N) is 1. The van der Waals surface area contributed by atoms with Crippen molar-refractivity contribution in [1.82, 2.24) is 10.3 Å². The predicted molar refractivity (Wildman–Crippen MR) is 101 cm³/mol. The number of anilines is 2. The van der Waals surface area contributed by atoms with Gasteiger partial charge >= 0.3 is 0 Å². The molecule has 0 aliphatic heterocycles. The molecule has 4 nitrogen and oxygen atoms in total. The topological polar surface area (TPSA) is 54.0 Å². The van der Waals surface area contributed by atoms with Crippen molar-refractivity contribution in [2.75, 3.05) is 11.9 Å². The summed E-state index contributed by atoms with van der Waals surface area (Å²) in [7, 11) is 0. The van der Waals surface area contributed by atoms with Gasteiger partial charge in [0.15, 0.2) is 0 Å². The Morgan fingerprint density at radius 2 is 1.76 bits per heavy atom. The average Bonchev–Trinajstić information content (AvgIpc) is 2.65. The smallest absolute Gasteiger partial charge is 0.251 e. The van der Waals surface area contributed by atoms with Crippen LogP contribution in [0.25, 0.3) is 0 Å². The molecule has 1 aromatic heterocycles. The van der Waals surface area contributed by atoms with Crippen molar-refractivity contribution in [1.29, 1.82) is 0 Å². The molecule has 25 heavy (non-hydrogen) atoms. The minimum atomic E-state index is -0.113. The van der Waals surface area contributed by atoms with Crippen molar-refractivity contribution < 1.29 is 4.79 Å². The summed E-state index contributed by atoms with van der Waals surface area (Å²) in [6, 6.07) is 20.8. The molecule has 0 fully saturated rings. The molecule has 2 aromatic carbocycles. The van der Waals surface area contributed by atoms with Crippen LogP contribution in [0.4, 0.5) is 11.5 Å². The second kappa shape index (κ2) is 8.31. The summed E-state index contributed by atoms with van der Waals surface area (Å²) in [4.78, 5) is 16.5. The molecule has 0 atom stereocenters. The molecule has 0 aliphatic rings. The molecule has 3 rings (SSSR count). The summed E-state index contributed by atoms with van der Waals surface area (Å²) in [5.41, 5.74) is 2.63. The zero-order chi connectivity index (χ0) is 17.5.